The maximum absolute atomic E-state index is 12.5. The van der Waals surface area contributed by atoms with Crippen LogP contribution in [0.15, 0.2) is 81.2 Å². The zero-order chi connectivity index (χ0) is 21.5. The third kappa shape index (κ3) is 6.17. The van der Waals surface area contributed by atoms with E-state index in [1.807, 2.05) is 60.7 Å². The highest BCUT2D eigenvalue weighted by molar-refractivity contribution is 14.1. The van der Waals surface area contributed by atoms with Gasteiger partial charge in [0, 0.05) is 10.2 Å². The molecule has 0 radical (unpaired) electrons. The van der Waals surface area contributed by atoms with E-state index in [1.165, 1.54) is 0 Å². The van der Waals surface area contributed by atoms with E-state index in [9.17, 15) is 10.1 Å². The van der Waals surface area contributed by atoms with Crippen molar-refractivity contribution < 1.29 is 9.53 Å². The molecule has 150 valence electrons. The highest BCUT2D eigenvalue weighted by Crippen LogP contribution is 2.33. The lowest BCUT2D eigenvalue weighted by Gasteiger charge is -2.12. The molecule has 0 saturated carbocycles. The summed E-state index contributed by atoms with van der Waals surface area (Å²) in [6.45, 7) is 0.448. The molecule has 30 heavy (non-hydrogen) atoms. The van der Waals surface area contributed by atoms with Gasteiger partial charge in [0.15, 0.2) is 0 Å². The van der Waals surface area contributed by atoms with Crippen molar-refractivity contribution in [1.82, 2.24) is 0 Å². The minimum absolute atomic E-state index is 0.00984. The Morgan fingerprint density at radius 1 is 1.10 bits per heavy atom. The number of halogens is 3. The van der Waals surface area contributed by atoms with E-state index in [0.717, 1.165) is 23.6 Å². The molecule has 3 rings (SSSR count). The van der Waals surface area contributed by atoms with Gasteiger partial charge >= 0.3 is 0 Å². The second-order valence-corrected chi connectivity index (χ2v) is 9.15. The van der Waals surface area contributed by atoms with Crippen LogP contribution >= 0.6 is 54.5 Å². The van der Waals surface area contributed by atoms with Gasteiger partial charge in [-0.2, -0.15) is 5.26 Å². The number of ether oxygens (including phenoxy) is 1. The van der Waals surface area contributed by atoms with E-state index in [4.69, 9.17) is 4.74 Å². The Hall–Kier alpha value is -2.15. The molecule has 0 spiro atoms. The average Bonchev–Trinajstić information content (AvgIpc) is 2.72. The number of hydrogen-bond donors (Lipinski definition) is 1. The summed E-state index contributed by atoms with van der Waals surface area (Å²) in [5.41, 5.74) is 2.41. The lowest BCUT2D eigenvalue weighted by molar-refractivity contribution is -0.112. The first kappa shape index (κ1) is 22.5. The molecule has 3 aromatic rings. The summed E-state index contributed by atoms with van der Waals surface area (Å²) < 4.78 is 8.41. The van der Waals surface area contributed by atoms with Crippen LogP contribution in [-0.4, -0.2) is 5.91 Å². The molecule has 0 fully saturated rings. The second-order valence-electron chi connectivity index (χ2n) is 6.22. The maximum atomic E-state index is 12.5. The quantitative estimate of drug-likeness (QED) is 0.181. The number of rotatable bonds is 6. The number of nitrogens with zero attached hydrogens (tertiary/aromatic N) is 1. The molecule has 3 aromatic carbocycles. The van der Waals surface area contributed by atoms with Crippen LogP contribution in [0.4, 0.5) is 5.69 Å². The molecule has 7 heteroatoms. The van der Waals surface area contributed by atoms with Crippen molar-refractivity contribution in [2.45, 2.75) is 6.61 Å². The fourth-order valence-corrected chi connectivity index (χ4v) is 4.78. The number of anilines is 1. The van der Waals surface area contributed by atoms with Crippen LogP contribution < -0.4 is 10.1 Å². The molecule has 1 N–H and O–H groups in total. The SMILES string of the molecule is N#C/C(=C/c1cc(Br)c(OCc2ccccc2)c(I)c1)C(=O)Nc1cccc(Br)c1. The number of nitrogens with one attached hydrogen (secondary N) is 1. The fraction of sp³-hybridized carbons (Fsp3) is 0.0435. The molecular formula is C23H15Br2IN2O2. The molecule has 0 aliphatic heterocycles. The normalized spacial score (nSPS) is 10.9. The highest BCUT2D eigenvalue weighted by Gasteiger charge is 2.13. The van der Waals surface area contributed by atoms with Crippen molar-refractivity contribution in [2.75, 3.05) is 5.32 Å². The fourth-order valence-electron chi connectivity index (χ4n) is 2.61. The third-order valence-corrected chi connectivity index (χ3v) is 5.89. The van der Waals surface area contributed by atoms with Gasteiger partial charge in [0.25, 0.3) is 5.91 Å². The molecule has 0 bridgehead atoms. The van der Waals surface area contributed by atoms with E-state index in [1.54, 1.807) is 18.2 Å². The van der Waals surface area contributed by atoms with Gasteiger partial charge in [-0.25, -0.2) is 0 Å². The lowest BCUT2D eigenvalue weighted by atomic mass is 10.1. The van der Waals surface area contributed by atoms with Crippen LogP contribution in [-0.2, 0) is 11.4 Å². The number of hydrogen-bond acceptors (Lipinski definition) is 3. The predicted molar refractivity (Wildman–Crippen MR) is 134 cm³/mol. The summed E-state index contributed by atoms with van der Waals surface area (Å²) >= 11 is 9.08. The maximum Gasteiger partial charge on any atom is 0.266 e. The zero-order valence-electron chi connectivity index (χ0n) is 15.5. The first-order chi connectivity index (χ1) is 14.5. The van der Waals surface area contributed by atoms with Gasteiger partial charge in [0.2, 0.25) is 0 Å². The van der Waals surface area contributed by atoms with Crippen molar-refractivity contribution in [3.8, 4) is 11.8 Å². The first-order valence-electron chi connectivity index (χ1n) is 8.81. The molecule has 0 unspecified atom stereocenters. The first-order valence-corrected chi connectivity index (χ1v) is 11.5. The van der Waals surface area contributed by atoms with E-state index in [2.05, 4.69) is 59.8 Å². The second kappa shape index (κ2) is 10.8. The standard InChI is InChI=1S/C23H15Br2IN2O2/c24-18-7-4-8-19(12-18)28-23(29)17(13-27)9-16-10-20(25)22(21(26)11-16)30-14-15-5-2-1-3-6-15/h1-12H,14H2,(H,28,29)/b17-9-. The summed E-state index contributed by atoms with van der Waals surface area (Å²) in [6, 6.07) is 22.8. The number of nitriles is 1. The van der Waals surface area contributed by atoms with Gasteiger partial charge in [0.1, 0.15) is 24.0 Å². The van der Waals surface area contributed by atoms with Crippen molar-refractivity contribution in [1.29, 1.82) is 5.26 Å². The average molecular weight is 638 g/mol. The van der Waals surface area contributed by atoms with Gasteiger partial charge in [-0.1, -0.05) is 52.3 Å². The molecule has 4 nitrogen and oxygen atoms in total. The van der Waals surface area contributed by atoms with E-state index < -0.39 is 5.91 Å². The van der Waals surface area contributed by atoms with Gasteiger partial charge in [-0.3, -0.25) is 4.79 Å². The van der Waals surface area contributed by atoms with Crippen LogP contribution in [0.3, 0.4) is 0 Å². The monoisotopic (exact) mass is 636 g/mol. The number of amides is 1. The summed E-state index contributed by atoms with van der Waals surface area (Å²) in [5.74, 6) is 0.250. The number of carbonyl (C=O) groups excluding carboxylic acids is 1. The van der Waals surface area contributed by atoms with Gasteiger partial charge in [-0.15, -0.1) is 0 Å². The molecule has 0 aliphatic carbocycles. The number of benzene rings is 3. The molecule has 0 aromatic heterocycles. The van der Waals surface area contributed by atoms with Crippen molar-refractivity contribution in [3.05, 3.63) is 95.9 Å². The van der Waals surface area contributed by atoms with Crippen LogP contribution in [0.1, 0.15) is 11.1 Å². The Morgan fingerprint density at radius 3 is 2.53 bits per heavy atom. The zero-order valence-corrected chi connectivity index (χ0v) is 20.9. The van der Waals surface area contributed by atoms with Gasteiger partial charge in [0.05, 0.1) is 8.04 Å². The molecular weight excluding hydrogens is 623 g/mol. The lowest BCUT2D eigenvalue weighted by Crippen LogP contribution is -2.13. The van der Waals surface area contributed by atoms with E-state index in [0.29, 0.717) is 18.0 Å². The van der Waals surface area contributed by atoms with Crippen molar-refractivity contribution in [2.24, 2.45) is 0 Å². The van der Waals surface area contributed by atoms with Gasteiger partial charge in [-0.05, 0) is 86.1 Å². The van der Waals surface area contributed by atoms with Crippen LogP contribution in [0.5, 0.6) is 5.75 Å². The summed E-state index contributed by atoms with van der Waals surface area (Å²) in [5, 5.41) is 12.2. The molecule has 1 amide bonds. The van der Waals surface area contributed by atoms with Crippen LogP contribution in [0.2, 0.25) is 0 Å². The Bertz CT molecular complexity index is 1120. The largest absolute Gasteiger partial charge is 0.487 e. The minimum atomic E-state index is -0.467. The van der Waals surface area contributed by atoms with E-state index in [-0.39, 0.29) is 5.57 Å². The predicted octanol–water partition coefficient (Wildman–Crippen LogP) is 6.94. The number of carbonyl (C=O) groups is 1. The molecule has 0 atom stereocenters. The smallest absolute Gasteiger partial charge is 0.266 e. The topological polar surface area (TPSA) is 62.1 Å². The molecule has 0 heterocycles. The third-order valence-electron chi connectivity index (χ3n) is 4.01. The van der Waals surface area contributed by atoms with Crippen LogP contribution in [0, 0.1) is 14.9 Å². The van der Waals surface area contributed by atoms with Crippen molar-refractivity contribution >= 4 is 72.1 Å². The van der Waals surface area contributed by atoms with E-state index >= 15 is 0 Å². The Balaban J connectivity index is 1.77. The van der Waals surface area contributed by atoms with Crippen LogP contribution in [0.25, 0.3) is 6.08 Å². The van der Waals surface area contributed by atoms with Gasteiger partial charge < -0.3 is 10.1 Å². The summed E-state index contributed by atoms with van der Waals surface area (Å²) in [7, 11) is 0. The Labute approximate surface area is 205 Å². The summed E-state index contributed by atoms with van der Waals surface area (Å²) in [4.78, 5) is 12.5. The Morgan fingerprint density at radius 2 is 1.87 bits per heavy atom. The molecule has 0 aliphatic rings. The minimum Gasteiger partial charge on any atom is -0.487 e. The summed E-state index contributed by atoms with van der Waals surface area (Å²) in [6.07, 6.45) is 1.56. The Kier molecular flexibility index (Phi) is 8.08. The molecule has 0 saturated heterocycles. The van der Waals surface area contributed by atoms with Crippen molar-refractivity contribution in [3.63, 3.8) is 0 Å². The highest BCUT2D eigenvalue weighted by atomic mass is 127.